The third-order valence-electron chi connectivity index (χ3n) is 4.97. The molecule has 138 valence electrons. The molecule has 1 atom stereocenters. The Bertz CT molecular complexity index is 1070. The number of fused-ring (bicyclic) bond motifs is 2. The number of ether oxygens (including phenoxy) is 1. The molecule has 6 nitrogen and oxygen atoms in total. The van der Waals surface area contributed by atoms with Gasteiger partial charge in [-0.15, -0.1) is 11.3 Å². The number of Topliss-reactive ketones (excluding diaryl/α,β-unsaturated/α-hetero) is 1. The van der Waals surface area contributed by atoms with Gasteiger partial charge in [-0.3, -0.25) is 9.59 Å². The summed E-state index contributed by atoms with van der Waals surface area (Å²) in [5.74, 6) is -1.83. The lowest BCUT2D eigenvalue weighted by Crippen LogP contribution is -2.46. The van der Waals surface area contributed by atoms with Crippen LogP contribution in [-0.4, -0.2) is 41.2 Å². The molecule has 0 saturated carbocycles. The molecule has 0 fully saturated rings. The molecule has 1 unspecified atom stereocenters. The van der Waals surface area contributed by atoms with Gasteiger partial charge in [-0.25, -0.2) is 4.79 Å². The standard InChI is InChI=1S/C20H18N2O4S/c1-11-16(12-5-3-4-6-14(12)21-11)18(23)19(24)22-9-7-15-13(8-10-27-15)17(22)20(25)26-2/h3-6,8,10,17,21H,7,9H2,1-2H3. The quantitative estimate of drug-likeness (QED) is 0.429. The van der Waals surface area contributed by atoms with Gasteiger partial charge in [0.15, 0.2) is 6.04 Å². The van der Waals surface area contributed by atoms with E-state index in [0.29, 0.717) is 29.6 Å². The van der Waals surface area contributed by atoms with Crippen molar-refractivity contribution in [1.29, 1.82) is 0 Å². The van der Waals surface area contributed by atoms with Crippen molar-refractivity contribution in [2.24, 2.45) is 0 Å². The Balaban J connectivity index is 1.74. The van der Waals surface area contributed by atoms with E-state index in [0.717, 1.165) is 16.0 Å². The minimum absolute atomic E-state index is 0.305. The molecule has 3 aromatic rings. The third kappa shape index (κ3) is 2.75. The summed E-state index contributed by atoms with van der Waals surface area (Å²) < 4.78 is 4.92. The molecule has 1 aromatic carbocycles. The second-order valence-corrected chi connectivity index (χ2v) is 7.47. The van der Waals surface area contributed by atoms with Crippen LogP contribution in [-0.2, 0) is 20.7 Å². The number of H-pyrrole nitrogens is 1. The second-order valence-electron chi connectivity index (χ2n) is 6.47. The maximum Gasteiger partial charge on any atom is 0.333 e. The molecular weight excluding hydrogens is 364 g/mol. The van der Waals surface area contributed by atoms with E-state index in [9.17, 15) is 14.4 Å². The smallest absolute Gasteiger partial charge is 0.333 e. The molecule has 1 N–H and O–H groups in total. The van der Waals surface area contributed by atoms with Gasteiger partial charge in [0.1, 0.15) is 0 Å². The lowest BCUT2D eigenvalue weighted by Gasteiger charge is -2.33. The van der Waals surface area contributed by atoms with Crippen LogP contribution in [0.5, 0.6) is 0 Å². The minimum atomic E-state index is -0.882. The van der Waals surface area contributed by atoms with Crippen molar-refractivity contribution < 1.29 is 19.1 Å². The van der Waals surface area contributed by atoms with Gasteiger partial charge in [-0.05, 0) is 36.4 Å². The van der Waals surface area contributed by atoms with Gasteiger partial charge in [-0.1, -0.05) is 18.2 Å². The van der Waals surface area contributed by atoms with E-state index < -0.39 is 23.7 Å². The first kappa shape index (κ1) is 17.5. The van der Waals surface area contributed by atoms with Crippen LogP contribution in [0.25, 0.3) is 10.9 Å². The first-order valence-electron chi connectivity index (χ1n) is 8.59. The Morgan fingerprint density at radius 3 is 2.78 bits per heavy atom. The van der Waals surface area contributed by atoms with Crippen molar-refractivity contribution in [3.8, 4) is 0 Å². The van der Waals surface area contributed by atoms with Gasteiger partial charge in [0, 0.05) is 28.0 Å². The van der Waals surface area contributed by atoms with Crippen LogP contribution in [0.4, 0.5) is 0 Å². The molecule has 7 heteroatoms. The molecule has 1 aliphatic heterocycles. The number of aromatic amines is 1. The topological polar surface area (TPSA) is 79.5 Å². The number of rotatable bonds is 3. The Kier molecular flexibility index (Phi) is 4.31. The number of carbonyl (C=O) groups is 3. The molecule has 0 spiro atoms. The minimum Gasteiger partial charge on any atom is -0.467 e. The van der Waals surface area contributed by atoms with Crippen LogP contribution in [0.3, 0.4) is 0 Å². The Morgan fingerprint density at radius 2 is 2.00 bits per heavy atom. The van der Waals surface area contributed by atoms with Crippen molar-refractivity contribution in [1.82, 2.24) is 9.88 Å². The number of esters is 1. The largest absolute Gasteiger partial charge is 0.467 e. The van der Waals surface area contributed by atoms with Gasteiger partial charge >= 0.3 is 5.97 Å². The normalized spacial score (nSPS) is 16.2. The highest BCUT2D eigenvalue weighted by molar-refractivity contribution is 7.10. The maximum atomic E-state index is 13.1. The number of carbonyl (C=O) groups excluding carboxylic acids is 3. The molecule has 1 aliphatic rings. The molecule has 2 aromatic heterocycles. The number of thiophene rings is 1. The highest BCUT2D eigenvalue weighted by Gasteiger charge is 2.40. The SMILES string of the molecule is COC(=O)C1c2ccsc2CCN1C(=O)C(=O)c1c(C)[nH]c2ccccc12. The fourth-order valence-electron chi connectivity index (χ4n) is 3.71. The Hall–Kier alpha value is -2.93. The van der Waals surface area contributed by atoms with Gasteiger partial charge in [-0.2, -0.15) is 0 Å². The third-order valence-corrected chi connectivity index (χ3v) is 5.96. The van der Waals surface area contributed by atoms with E-state index in [1.54, 1.807) is 18.3 Å². The zero-order valence-electron chi connectivity index (χ0n) is 14.9. The number of benzene rings is 1. The van der Waals surface area contributed by atoms with Gasteiger partial charge in [0.25, 0.3) is 11.7 Å². The van der Waals surface area contributed by atoms with E-state index in [1.807, 2.05) is 35.7 Å². The van der Waals surface area contributed by atoms with E-state index in [1.165, 1.54) is 12.0 Å². The molecule has 0 saturated heterocycles. The lowest BCUT2D eigenvalue weighted by atomic mass is 9.98. The van der Waals surface area contributed by atoms with Crippen LogP contribution in [0.1, 0.15) is 32.5 Å². The average molecular weight is 382 g/mol. The average Bonchev–Trinajstić information content (AvgIpc) is 3.28. The van der Waals surface area contributed by atoms with Crippen LogP contribution in [0, 0.1) is 6.92 Å². The first-order valence-corrected chi connectivity index (χ1v) is 9.47. The summed E-state index contributed by atoms with van der Waals surface area (Å²) in [6, 6.07) is 8.30. The molecule has 1 amide bonds. The summed E-state index contributed by atoms with van der Waals surface area (Å²) in [6.45, 7) is 2.07. The predicted molar refractivity (Wildman–Crippen MR) is 102 cm³/mol. The summed E-state index contributed by atoms with van der Waals surface area (Å²) >= 11 is 1.55. The molecule has 27 heavy (non-hydrogen) atoms. The summed E-state index contributed by atoms with van der Waals surface area (Å²) in [5, 5.41) is 2.59. The summed E-state index contributed by atoms with van der Waals surface area (Å²) in [5.41, 5.74) is 2.54. The summed E-state index contributed by atoms with van der Waals surface area (Å²) in [4.78, 5) is 44.1. The van der Waals surface area contributed by atoms with Crippen molar-refractivity contribution in [2.45, 2.75) is 19.4 Å². The molecule has 0 aliphatic carbocycles. The number of hydrogen-bond donors (Lipinski definition) is 1. The number of nitrogens with zero attached hydrogens (tertiary/aromatic N) is 1. The summed E-state index contributed by atoms with van der Waals surface area (Å²) in [7, 11) is 1.29. The highest BCUT2D eigenvalue weighted by atomic mass is 32.1. The molecule has 3 heterocycles. The van der Waals surface area contributed by atoms with Crippen molar-refractivity contribution in [3.05, 3.63) is 57.4 Å². The van der Waals surface area contributed by atoms with Gasteiger partial charge in [0.2, 0.25) is 0 Å². The highest BCUT2D eigenvalue weighted by Crippen LogP contribution is 2.35. The van der Waals surface area contributed by atoms with E-state index in [-0.39, 0.29) is 0 Å². The predicted octanol–water partition coefficient (Wildman–Crippen LogP) is 3.02. The lowest BCUT2D eigenvalue weighted by molar-refractivity contribution is -0.152. The number of amides is 1. The zero-order valence-corrected chi connectivity index (χ0v) is 15.8. The number of ketones is 1. The number of para-hydroxylation sites is 1. The maximum absolute atomic E-state index is 13.1. The van der Waals surface area contributed by atoms with Crippen LogP contribution >= 0.6 is 11.3 Å². The molecule has 0 radical (unpaired) electrons. The molecule has 4 rings (SSSR count). The molecular formula is C20H18N2O4S. The second kappa shape index (κ2) is 6.66. The van der Waals surface area contributed by atoms with Crippen LogP contribution in [0.15, 0.2) is 35.7 Å². The van der Waals surface area contributed by atoms with Crippen molar-refractivity contribution in [2.75, 3.05) is 13.7 Å². The van der Waals surface area contributed by atoms with Crippen LogP contribution < -0.4 is 0 Å². The molecule has 0 bridgehead atoms. The number of aryl methyl sites for hydroxylation is 1. The Morgan fingerprint density at radius 1 is 1.22 bits per heavy atom. The van der Waals surface area contributed by atoms with E-state index in [2.05, 4.69) is 4.98 Å². The monoisotopic (exact) mass is 382 g/mol. The van der Waals surface area contributed by atoms with E-state index in [4.69, 9.17) is 4.74 Å². The fourth-order valence-corrected chi connectivity index (χ4v) is 4.61. The van der Waals surface area contributed by atoms with E-state index >= 15 is 0 Å². The van der Waals surface area contributed by atoms with Gasteiger partial charge in [0.05, 0.1) is 12.7 Å². The van der Waals surface area contributed by atoms with Gasteiger partial charge < -0.3 is 14.6 Å². The first-order chi connectivity index (χ1) is 13.0. The van der Waals surface area contributed by atoms with Crippen LogP contribution in [0.2, 0.25) is 0 Å². The van der Waals surface area contributed by atoms with Crippen molar-refractivity contribution in [3.63, 3.8) is 0 Å². The number of methoxy groups -OCH3 is 1. The fraction of sp³-hybridized carbons (Fsp3) is 0.250. The Labute approximate surface area is 159 Å². The number of aromatic nitrogens is 1. The number of nitrogens with one attached hydrogen (secondary N) is 1. The number of hydrogen-bond acceptors (Lipinski definition) is 5. The summed E-state index contributed by atoms with van der Waals surface area (Å²) in [6.07, 6.45) is 0.617. The van der Waals surface area contributed by atoms with Crippen molar-refractivity contribution >= 4 is 39.9 Å². The zero-order chi connectivity index (χ0) is 19.1.